The van der Waals surface area contributed by atoms with Crippen LogP contribution in [0.4, 0.5) is 0 Å². The summed E-state index contributed by atoms with van der Waals surface area (Å²) in [5.74, 6) is 0. The van der Waals surface area contributed by atoms with Crippen molar-refractivity contribution < 1.29 is 4.74 Å². The molecular weight excluding hydrogens is 210 g/mol. The minimum Gasteiger partial charge on any atom is -0.378 e. The van der Waals surface area contributed by atoms with Gasteiger partial charge in [0.1, 0.15) is 0 Å². The minimum atomic E-state index is 0.458. The highest BCUT2D eigenvalue weighted by Gasteiger charge is 2.20. The Morgan fingerprint density at radius 1 is 1.29 bits per heavy atom. The second-order valence-electron chi connectivity index (χ2n) is 4.99. The van der Waals surface area contributed by atoms with Crippen LogP contribution in [0, 0.1) is 6.92 Å². The first-order valence-corrected chi connectivity index (χ1v) is 6.68. The van der Waals surface area contributed by atoms with Gasteiger partial charge in [0.05, 0.1) is 6.10 Å². The summed E-state index contributed by atoms with van der Waals surface area (Å²) in [6.45, 7) is 6.21. The van der Waals surface area contributed by atoms with Crippen LogP contribution in [0.5, 0.6) is 0 Å². The van der Waals surface area contributed by atoms with Gasteiger partial charge in [-0.1, -0.05) is 36.8 Å². The molecule has 1 aromatic carbocycles. The van der Waals surface area contributed by atoms with Crippen LogP contribution in [0.3, 0.4) is 0 Å². The van der Waals surface area contributed by atoms with Crippen molar-refractivity contribution in [2.45, 2.75) is 51.8 Å². The Morgan fingerprint density at radius 3 is 2.76 bits per heavy atom. The Balaban J connectivity index is 1.79. The topological polar surface area (TPSA) is 21.3 Å². The van der Waals surface area contributed by atoms with Crippen LogP contribution >= 0.6 is 0 Å². The molecule has 2 rings (SSSR count). The lowest BCUT2D eigenvalue weighted by molar-refractivity contribution is -0.000318. The van der Waals surface area contributed by atoms with Crippen LogP contribution in [0.15, 0.2) is 24.3 Å². The lowest BCUT2D eigenvalue weighted by atomic mass is 10.0. The highest BCUT2D eigenvalue weighted by molar-refractivity contribution is 5.21. The number of hydrogen-bond donors (Lipinski definition) is 1. The third-order valence-corrected chi connectivity index (χ3v) is 3.54. The van der Waals surface area contributed by atoms with Gasteiger partial charge in [0.15, 0.2) is 0 Å². The smallest absolute Gasteiger partial charge is 0.0587 e. The molecule has 1 aliphatic heterocycles. The van der Waals surface area contributed by atoms with Crippen LogP contribution in [0.2, 0.25) is 0 Å². The summed E-state index contributed by atoms with van der Waals surface area (Å²) in [7, 11) is 0. The molecule has 0 amide bonds. The summed E-state index contributed by atoms with van der Waals surface area (Å²) < 4.78 is 5.69. The number of ether oxygens (including phenoxy) is 1. The standard InChI is InChI=1S/C15H23NO/c1-3-15-10-14(8-9-17-15)16-11-13-6-4-12(2)5-7-13/h4-7,14-16H,3,8-11H2,1-2H3. The SMILES string of the molecule is CCC1CC(NCc2ccc(C)cc2)CCO1. The fraction of sp³-hybridized carbons (Fsp3) is 0.600. The number of nitrogens with one attached hydrogen (secondary N) is 1. The molecule has 1 heterocycles. The molecule has 0 aromatic heterocycles. The van der Waals surface area contributed by atoms with Crippen molar-refractivity contribution in [3.63, 3.8) is 0 Å². The van der Waals surface area contributed by atoms with Crippen molar-refractivity contribution in [2.75, 3.05) is 6.61 Å². The highest BCUT2D eigenvalue weighted by atomic mass is 16.5. The van der Waals surface area contributed by atoms with Gasteiger partial charge in [0.2, 0.25) is 0 Å². The third kappa shape index (κ3) is 3.83. The Hall–Kier alpha value is -0.860. The molecule has 94 valence electrons. The predicted molar refractivity (Wildman–Crippen MR) is 71.1 cm³/mol. The van der Waals surface area contributed by atoms with E-state index in [0.29, 0.717) is 12.1 Å². The molecule has 1 N–H and O–H groups in total. The largest absolute Gasteiger partial charge is 0.378 e. The normalized spacial score (nSPS) is 24.8. The summed E-state index contributed by atoms with van der Waals surface area (Å²) in [5, 5.41) is 3.64. The lowest BCUT2D eigenvalue weighted by Gasteiger charge is -2.29. The maximum absolute atomic E-state index is 5.69. The maximum Gasteiger partial charge on any atom is 0.0587 e. The van der Waals surface area contributed by atoms with Gasteiger partial charge in [-0.2, -0.15) is 0 Å². The third-order valence-electron chi connectivity index (χ3n) is 3.54. The van der Waals surface area contributed by atoms with E-state index in [9.17, 15) is 0 Å². The Labute approximate surface area is 104 Å². The average molecular weight is 233 g/mol. The van der Waals surface area contributed by atoms with Crippen LogP contribution in [-0.4, -0.2) is 18.8 Å². The quantitative estimate of drug-likeness (QED) is 0.863. The average Bonchev–Trinajstić information content (AvgIpc) is 2.38. The Kier molecular flexibility index (Phi) is 4.57. The summed E-state index contributed by atoms with van der Waals surface area (Å²) in [6.07, 6.45) is 3.88. The zero-order valence-electron chi connectivity index (χ0n) is 10.9. The Bertz CT molecular complexity index is 333. The van der Waals surface area contributed by atoms with E-state index in [4.69, 9.17) is 4.74 Å². The van der Waals surface area contributed by atoms with E-state index < -0.39 is 0 Å². The number of hydrogen-bond acceptors (Lipinski definition) is 2. The predicted octanol–water partition coefficient (Wildman–Crippen LogP) is 3.04. The molecular formula is C15H23NO. The number of benzene rings is 1. The summed E-state index contributed by atoms with van der Waals surface area (Å²) in [4.78, 5) is 0. The van der Waals surface area contributed by atoms with E-state index in [1.165, 1.54) is 11.1 Å². The molecule has 2 atom stereocenters. The second-order valence-corrected chi connectivity index (χ2v) is 4.99. The number of rotatable bonds is 4. The highest BCUT2D eigenvalue weighted by Crippen LogP contribution is 2.16. The molecule has 0 aliphatic carbocycles. The number of aryl methyl sites for hydroxylation is 1. The molecule has 1 aromatic rings. The van der Waals surface area contributed by atoms with Crippen molar-refractivity contribution in [3.05, 3.63) is 35.4 Å². The Morgan fingerprint density at radius 2 is 2.06 bits per heavy atom. The molecule has 0 spiro atoms. The van der Waals surface area contributed by atoms with Crippen LogP contribution in [-0.2, 0) is 11.3 Å². The second kappa shape index (κ2) is 6.18. The molecule has 17 heavy (non-hydrogen) atoms. The van der Waals surface area contributed by atoms with E-state index in [1.807, 2.05) is 0 Å². The van der Waals surface area contributed by atoms with Gasteiger partial charge < -0.3 is 10.1 Å². The van der Waals surface area contributed by atoms with Crippen molar-refractivity contribution in [1.29, 1.82) is 0 Å². The fourth-order valence-corrected chi connectivity index (χ4v) is 2.32. The summed E-state index contributed by atoms with van der Waals surface area (Å²) in [6, 6.07) is 9.39. The summed E-state index contributed by atoms with van der Waals surface area (Å²) in [5.41, 5.74) is 2.70. The zero-order valence-corrected chi connectivity index (χ0v) is 10.9. The minimum absolute atomic E-state index is 0.458. The van der Waals surface area contributed by atoms with Crippen molar-refractivity contribution >= 4 is 0 Å². The first kappa shape index (κ1) is 12.6. The van der Waals surface area contributed by atoms with Crippen LogP contribution < -0.4 is 5.32 Å². The van der Waals surface area contributed by atoms with Gasteiger partial charge in [0.25, 0.3) is 0 Å². The molecule has 1 saturated heterocycles. The first-order chi connectivity index (χ1) is 8.28. The van der Waals surface area contributed by atoms with Crippen LogP contribution in [0.1, 0.15) is 37.3 Å². The molecule has 2 unspecified atom stereocenters. The van der Waals surface area contributed by atoms with Gasteiger partial charge in [-0.05, 0) is 31.7 Å². The fourth-order valence-electron chi connectivity index (χ4n) is 2.32. The maximum atomic E-state index is 5.69. The van der Waals surface area contributed by atoms with Crippen LogP contribution in [0.25, 0.3) is 0 Å². The van der Waals surface area contributed by atoms with Crippen molar-refractivity contribution in [3.8, 4) is 0 Å². The van der Waals surface area contributed by atoms with E-state index in [2.05, 4.69) is 43.4 Å². The van der Waals surface area contributed by atoms with E-state index in [-0.39, 0.29) is 0 Å². The van der Waals surface area contributed by atoms with E-state index in [1.54, 1.807) is 0 Å². The van der Waals surface area contributed by atoms with E-state index in [0.717, 1.165) is 32.4 Å². The van der Waals surface area contributed by atoms with E-state index >= 15 is 0 Å². The molecule has 2 heteroatoms. The zero-order chi connectivity index (χ0) is 12.1. The van der Waals surface area contributed by atoms with Gasteiger partial charge in [-0.3, -0.25) is 0 Å². The van der Waals surface area contributed by atoms with Gasteiger partial charge in [0, 0.05) is 19.2 Å². The summed E-state index contributed by atoms with van der Waals surface area (Å²) >= 11 is 0. The molecule has 0 radical (unpaired) electrons. The van der Waals surface area contributed by atoms with Crippen molar-refractivity contribution in [2.24, 2.45) is 0 Å². The monoisotopic (exact) mass is 233 g/mol. The first-order valence-electron chi connectivity index (χ1n) is 6.68. The molecule has 1 aliphatic rings. The molecule has 1 fully saturated rings. The lowest BCUT2D eigenvalue weighted by Crippen LogP contribution is -2.38. The van der Waals surface area contributed by atoms with Crippen molar-refractivity contribution in [1.82, 2.24) is 5.32 Å². The molecule has 0 bridgehead atoms. The molecule has 0 saturated carbocycles. The van der Waals surface area contributed by atoms with Gasteiger partial charge >= 0.3 is 0 Å². The van der Waals surface area contributed by atoms with Gasteiger partial charge in [-0.15, -0.1) is 0 Å². The van der Waals surface area contributed by atoms with Gasteiger partial charge in [-0.25, -0.2) is 0 Å². The molecule has 2 nitrogen and oxygen atoms in total.